The van der Waals surface area contributed by atoms with Crippen LogP contribution in [0.5, 0.6) is 0 Å². The minimum absolute atomic E-state index is 0. The van der Waals surface area contributed by atoms with Crippen molar-refractivity contribution in [2.45, 2.75) is 18.8 Å². The minimum Gasteiger partial charge on any atom is -1.00 e. The number of fused-ring (bicyclic) bond motifs is 1. The van der Waals surface area contributed by atoms with Crippen LogP contribution in [0.3, 0.4) is 0 Å². The zero-order chi connectivity index (χ0) is 7.84. The number of halogens is 1. The summed E-state index contributed by atoms with van der Waals surface area (Å²) in [7, 11) is 0. The third-order valence-corrected chi connectivity index (χ3v) is 2.03. The molecule has 2 heterocycles. The van der Waals surface area contributed by atoms with E-state index in [2.05, 4.69) is 0 Å². The van der Waals surface area contributed by atoms with Gasteiger partial charge >= 0.3 is 0 Å². The van der Waals surface area contributed by atoms with Crippen LogP contribution in [0.1, 0.15) is 11.8 Å². The van der Waals surface area contributed by atoms with E-state index >= 15 is 0 Å². The molecule has 2 rings (SSSR count). The SMILES string of the molecule is OC1C[n+]2ccccc2C1O.[Cl-]. The highest BCUT2D eigenvalue weighted by Gasteiger charge is 2.36. The van der Waals surface area contributed by atoms with E-state index in [9.17, 15) is 10.2 Å². The molecule has 66 valence electrons. The molecule has 1 aliphatic rings. The Hall–Kier alpha value is -0.640. The molecule has 3 nitrogen and oxygen atoms in total. The number of nitrogens with zero attached hydrogens (tertiary/aromatic N) is 1. The summed E-state index contributed by atoms with van der Waals surface area (Å²) in [5.41, 5.74) is 0.792. The maximum Gasteiger partial charge on any atom is 0.213 e. The Balaban J connectivity index is 0.000000720. The molecular formula is C8H10ClNO2. The van der Waals surface area contributed by atoms with E-state index in [1.165, 1.54) is 0 Å². The van der Waals surface area contributed by atoms with Gasteiger partial charge in [0.25, 0.3) is 0 Å². The second-order valence-electron chi connectivity index (χ2n) is 2.79. The largest absolute Gasteiger partial charge is 1.00 e. The maximum atomic E-state index is 9.38. The molecule has 0 aromatic carbocycles. The van der Waals surface area contributed by atoms with Crippen LogP contribution >= 0.6 is 0 Å². The van der Waals surface area contributed by atoms with Crippen LogP contribution in [0.2, 0.25) is 0 Å². The first-order chi connectivity index (χ1) is 5.29. The van der Waals surface area contributed by atoms with Gasteiger partial charge in [-0.3, -0.25) is 0 Å². The Labute approximate surface area is 76.7 Å². The van der Waals surface area contributed by atoms with Crippen molar-refractivity contribution < 1.29 is 27.2 Å². The van der Waals surface area contributed by atoms with Gasteiger partial charge in [0.2, 0.25) is 5.69 Å². The Morgan fingerprint density at radius 3 is 2.75 bits per heavy atom. The second kappa shape index (κ2) is 3.39. The van der Waals surface area contributed by atoms with E-state index in [4.69, 9.17) is 0 Å². The van der Waals surface area contributed by atoms with E-state index in [1.54, 1.807) is 0 Å². The number of aromatic nitrogens is 1. The molecule has 1 aromatic rings. The van der Waals surface area contributed by atoms with Gasteiger partial charge in [-0.25, -0.2) is 0 Å². The van der Waals surface area contributed by atoms with Crippen molar-refractivity contribution in [3.05, 3.63) is 30.1 Å². The average molecular weight is 188 g/mol. The van der Waals surface area contributed by atoms with Crippen LogP contribution < -0.4 is 17.0 Å². The van der Waals surface area contributed by atoms with Crippen LogP contribution in [-0.4, -0.2) is 16.3 Å². The van der Waals surface area contributed by atoms with Crippen LogP contribution in [0.25, 0.3) is 0 Å². The molecule has 0 saturated carbocycles. The van der Waals surface area contributed by atoms with Gasteiger partial charge < -0.3 is 22.6 Å². The van der Waals surface area contributed by atoms with Crippen LogP contribution in [0.15, 0.2) is 24.4 Å². The van der Waals surface area contributed by atoms with Crippen molar-refractivity contribution >= 4 is 0 Å². The summed E-state index contributed by atoms with van der Waals surface area (Å²) in [6.45, 7) is 0.497. The molecule has 0 amide bonds. The molecule has 12 heavy (non-hydrogen) atoms. The quantitative estimate of drug-likeness (QED) is 0.412. The van der Waals surface area contributed by atoms with Crippen molar-refractivity contribution in [3.63, 3.8) is 0 Å². The molecule has 1 aliphatic heterocycles. The highest BCUT2D eigenvalue weighted by molar-refractivity contribution is 5.04. The summed E-state index contributed by atoms with van der Waals surface area (Å²) in [5.74, 6) is 0. The molecule has 0 fully saturated rings. The summed E-state index contributed by atoms with van der Waals surface area (Å²) in [5, 5.41) is 18.6. The fourth-order valence-corrected chi connectivity index (χ4v) is 1.42. The molecule has 0 radical (unpaired) electrons. The Morgan fingerprint density at radius 2 is 2.08 bits per heavy atom. The third kappa shape index (κ3) is 1.31. The zero-order valence-corrected chi connectivity index (χ0v) is 7.15. The first-order valence-corrected chi connectivity index (χ1v) is 3.63. The lowest BCUT2D eigenvalue weighted by Crippen LogP contribution is -3.00. The fraction of sp³-hybridized carbons (Fsp3) is 0.375. The first-order valence-electron chi connectivity index (χ1n) is 3.63. The summed E-state index contributed by atoms with van der Waals surface area (Å²) in [6, 6.07) is 5.56. The van der Waals surface area contributed by atoms with E-state index in [0.717, 1.165) is 5.69 Å². The molecular weight excluding hydrogens is 178 g/mol. The third-order valence-electron chi connectivity index (χ3n) is 2.03. The van der Waals surface area contributed by atoms with Crippen LogP contribution in [-0.2, 0) is 6.54 Å². The van der Waals surface area contributed by atoms with Gasteiger partial charge in [0, 0.05) is 12.1 Å². The summed E-state index contributed by atoms with van der Waals surface area (Å²) in [4.78, 5) is 0. The predicted molar refractivity (Wildman–Crippen MR) is 37.6 cm³/mol. The van der Waals surface area contributed by atoms with Crippen molar-refractivity contribution in [1.82, 2.24) is 0 Å². The van der Waals surface area contributed by atoms with Gasteiger partial charge in [0.15, 0.2) is 18.8 Å². The number of hydrogen-bond acceptors (Lipinski definition) is 2. The lowest BCUT2D eigenvalue weighted by Gasteiger charge is -1.98. The number of aliphatic hydroxyl groups excluding tert-OH is 2. The van der Waals surface area contributed by atoms with E-state index in [0.29, 0.717) is 6.54 Å². The molecule has 2 unspecified atom stereocenters. The number of pyridine rings is 1. The number of hydrogen-bond donors (Lipinski definition) is 2. The van der Waals surface area contributed by atoms with Crippen molar-refractivity contribution in [1.29, 1.82) is 0 Å². The summed E-state index contributed by atoms with van der Waals surface area (Å²) >= 11 is 0. The maximum absolute atomic E-state index is 9.38. The molecule has 2 N–H and O–H groups in total. The van der Waals surface area contributed by atoms with Gasteiger partial charge in [0.1, 0.15) is 6.10 Å². The Morgan fingerprint density at radius 1 is 1.33 bits per heavy atom. The van der Waals surface area contributed by atoms with Gasteiger partial charge in [-0.2, -0.15) is 4.57 Å². The topological polar surface area (TPSA) is 44.3 Å². The predicted octanol–water partition coefficient (Wildman–Crippen LogP) is -3.61. The van der Waals surface area contributed by atoms with Crippen molar-refractivity contribution in [2.75, 3.05) is 0 Å². The molecule has 2 atom stereocenters. The lowest BCUT2D eigenvalue weighted by atomic mass is 10.2. The minimum atomic E-state index is -0.712. The van der Waals surface area contributed by atoms with Gasteiger partial charge in [-0.1, -0.05) is 6.07 Å². The van der Waals surface area contributed by atoms with Crippen molar-refractivity contribution in [2.24, 2.45) is 0 Å². The fourth-order valence-electron chi connectivity index (χ4n) is 1.42. The normalized spacial score (nSPS) is 26.2. The zero-order valence-electron chi connectivity index (χ0n) is 6.39. The lowest BCUT2D eigenvalue weighted by molar-refractivity contribution is -0.695. The molecule has 0 aliphatic carbocycles. The number of aliphatic hydroxyl groups is 2. The van der Waals surface area contributed by atoms with E-state index in [1.807, 2.05) is 29.0 Å². The molecule has 4 heteroatoms. The smallest absolute Gasteiger partial charge is 0.213 e. The van der Waals surface area contributed by atoms with E-state index < -0.39 is 12.2 Å². The van der Waals surface area contributed by atoms with Crippen LogP contribution in [0, 0.1) is 0 Å². The first kappa shape index (κ1) is 9.45. The Kier molecular flexibility index (Phi) is 2.67. The van der Waals surface area contributed by atoms with Gasteiger partial charge in [-0.05, 0) is 0 Å². The molecule has 0 bridgehead atoms. The highest BCUT2D eigenvalue weighted by Crippen LogP contribution is 2.18. The number of rotatable bonds is 0. The monoisotopic (exact) mass is 187 g/mol. The summed E-state index contributed by atoms with van der Waals surface area (Å²) in [6.07, 6.45) is 0.503. The average Bonchev–Trinajstić information content (AvgIpc) is 2.30. The van der Waals surface area contributed by atoms with Gasteiger partial charge in [-0.15, -0.1) is 0 Å². The van der Waals surface area contributed by atoms with Crippen molar-refractivity contribution in [3.8, 4) is 0 Å². The second-order valence-corrected chi connectivity index (χ2v) is 2.79. The van der Waals surface area contributed by atoms with E-state index in [-0.39, 0.29) is 12.4 Å². The standard InChI is InChI=1S/C8H10NO2.ClH/c10-7-5-9-4-2-1-3-6(9)8(7)11;/h1-4,7-8,10-11H,5H2;1H/q+1;/p-1. The van der Waals surface area contributed by atoms with Crippen LogP contribution in [0.4, 0.5) is 0 Å². The Bertz CT molecular complexity index is 280. The molecule has 1 aromatic heterocycles. The highest BCUT2D eigenvalue weighted by atomic mass is 35.5. The molecule has 0 saturated heterocycles. The summed E-state index contributed by atoms with van der Waals surface area (Å²) < 4.78 is 1.86. The van der Waals surface area contributed by atoms with Gasteiger partial charge in [0.05, 0.1) is 0 Å². The molecule has 0 spiro atoms.